The Labute approximate surface area is 126 Å². The van der Waals surface area contributed by atoms with Crippen molar-refractivity contribution >= 4 is 7.37 Å². The summed E-state index contributed by atoms with van der Waals surface area (Å²) in [7, 11) is -2.78. The molecule has 0 spiro atoms. The third-order valence-corrected chi connectivity index (χ3v) is 7.35. The van der Waals surface area contributed by atoms with E-state index in [2.05, 4.69) is 6.92 Å². The van der Waals surface area contributed by atoms with E-state index in [1.807, 2.05) is 0 Å². The maximum Gasteiger partial charge on any atom is 0.203 e. The van der Waals surface area contributed by atoms with Crippen molar-refractivity contribution < 1.29 is 22.7 Å². The van der Waals surface area contributed by atoms with Gasteiger partial charge in [0.1, 0.15) is 0 Å². The molecular weight excluding hydrogens is 275 g/mol. The Balaban J connectivity index is 1.64. The lowest BCUT2D eigenvalue weighted by Gasteiger charge is -2.35. The normalized spacial score (nSPS) is 59.0. The van der Waals surface area contributed by atoms with E-state index in [0.29, 0.717) is 24.7 Å². The van der Waals surface area contributed by atoms with E-state index in [9.17, 15) is 4.57 Å². The highest BCUT2D eigenvalue weighted by molar-refractivity contribution is 7.59. The fraction of sp³-hybridized carbons (Fsp3) is 1.00. The molecule has 0 N–H and O–H groups in total. The van der Waals surface area contributed by atoms with Crippen LogP contribution in [0.1, 0.15) is 43.6 Å². The molecule has 0 aromatic rings. The fourth-order valence-electron chi connectivity index (χ4n) is 3.53. The third-order valence-electron chi connectivity index (χ3n) is 4.67. The highest BCUT2D eigenvalue weighted by atomic mass is 31.2. The minimum atomic E-state index is -2.78. The van der Waals surface area contributed by atoms with E-state index in [-0.39, 0.29) is 18.9 Å². The maximum absolute atomic E-state index is 13.2. The van der Waals surface area contributed by atoms with E-state index in [4.69, 9.17) is 18.1 Å². The molecule has 20 heavy (non-hydrogen) atoms. The Kier molecular flexibility index (Phi) is 3.54. The molecule has 5 heteroatoms. The van der Waals surface area contributed by atoms with Crippen molar-refractivity contribution in [1.29, 1.82) is 0 Å². The first kappa shape index (κ1) is 11.6. The first-order chi connectivity index (χ1) is 10.9. The van der Waals surface area contributed by atoms with Crippen LogP contribution >= 0.6 is 7.37 Å². The van der Waals surface area contributed by atoms with Crippen LogP contribution in [0.25, 0.3) is 0 Å². The van der Waals surface area contributed by atoms with Gasteiger partial charge in [-0.15, -0.1) is 0 Å². The first-order valence-corrected chi connectivity index (χ1v) is 9.61. The summed E-state index contributed by atoms with van der Waals surface area (Å²) in [6.45, 7) is 1.000. The van der Waals surface area contributed by atoms with Gasteiger partial charge in [0, 0.05) is 26.9 Å². The lowest BCUT2D eigenvalue weighted by Crippen LogP contribution is -2.32. The van der Waals surface area contributed by atoms with Crippen LogP contribution in [0.4, 0.5) is 0 Å². The zero-order valence-electron chi connectivity index (χ0n) is 15.1. The highest BCUT2D eigenvalue weighted by Crippen LogP contribution is 2.56. The molecule has 0 bridgehead atoms. The average molecular weight is 307 g/mol. The Hall–Kier alpha value is 0.110. The van der Waals surface area contributed by atoms with Crippen molar-refractivity contribution in [3.05, 3.63) is 0 Å². The molecule has 3 saturated heterocycles. The van der Waals surface area contributed by atoms with Crippen molar-refractivity contribution in [3.8, 4) is 0 Å². The molecule has 8 atom stereocenters. The number of rotatable bonds is 3. The van der Waals surface area contributed by atoms with Gasteiger partial charge < -0.3 is 14.0 Å². The molecule has 3 aliphatic rings. The molecule has 116 valence electrons. The van der Waals surface area contributed by atoms with Gasteiger partial charge in [-0.2, -0.15) is 0 Å². The van der Waals surface area contributed by atoms with Crippen LogP contribution in [0.5, 0.6) is 0 Å². The van der Waals surface area contributed by atoms with Crippen molar-refractivity contribution in [2.75, 3.05) is 25.5 Å². The number of hydrogen-bond donors (Lipinski definition) is 0. The van der Waals surface area contributed by atoms with Gasteiger partial charge >= 0.3 is 0 Å². The van der Waals surface area contributed by atoms with Gasteiger partial charge in [-0.05, 0) is 44.4 Å². The van der Waals surface area contributed by atoms with Crippen LogP contribution in [0, 0.1) is 11.8 Å². The predicted molar refractivity (Wildman–Crippen MR) is 78.5 cm³/mol. The van der Waals surface area contributed by atoms with Crippen molar-refractivity contribution in [3.63, 3.8) is 0 Å². The zero-order valence-corrected chi connectivity index (χ0v) is 13.0. The van der Waals surface area contributed by atoms with E-state index in [0.717, 1.165) is 19.3 Å². The molecule has 0 radical (unpaired) electrons. The predicted octanol–water partition coefficient (Wildman–Crippen LogP) is 3.29. The smallest absolute Gasteiger partial charge is 0.203 e. The molecule has 0 saturated carbocycles. The monoisotopic (exact) mass is 307 g/mol. The lowest BCUT2D eigenvalue weighted by atomic mass is 9.90. The standard InChI is InChI=1S/C15H27O4P/c1-11-5-7-18-15(11)13-4-3-9-20(16,10-13)19-14-6-8-17-12(14)2/h11-15H,3-10H2,1-2H3/t11-,12+,13-,14-,15-,20+/m0/s1/i2D,7T,8T/t7-,8-,11+,12-,13+,14+,15+,20-/m1. The summed E-state index contributed by atoms with van der Waals surface area (Å²) in [5.41, 5.74) is 0. The van der Waals surface area contributed by atoms with Gasteiger partial charge in [-0.3, -0.25) is 4.57 Å². The topological polar surface area (TPSA) is 44.8 Å². The van der Waals surface area contributed by atoms with Crippen LogP contribution in [0.3, 0.4) is 0 Å². The van der Waals surface area contributed by atoms with Crippen LogP contribution < -0.4 is 0 Å². The van der Waals surface area contributed by atoms with E-state index < -0.39 is 32.7 Å². The molecule has 3 aliphatic heterocycles. The van der Waals surface area contributed by atoms with Gasteiger partial charge in [0.2, 0.25) is 7.37 Å². The van der Waals surface area contributed by atoms with Crippen molar-refractivity contribution in [1.82, 2.24) is 0 Å². The number of hydrogen-bond acceptors (Lipinski definition) is 4. The van der Waals surface area contributed by atoms with Crippen molar-refractivity contribution in [2.45, 2.75) is 57.8 Å². The summed E-state index contributed by atoms with van der Waals surface area (Å²) >= 11 is 0. The summed E-state index contributed by atoms with van der Waals surface area (Å²) < 4.78 is 53.2. The van der Waals surface area contributed by atoms with E-state index in [1.165, 1.54) is 0 Å². The van der Waals surface area contributed by atoms with Gasteiger partial charge in [0.25, 0.3) is 0 Å². The highest BCUT2D eigenvalue weighted by Gasteiger charge is 2.42. The summed E-state index contributed by atoms with van der Waals surface area (Å²) in [4.78, 5) is 0. The Bertz CT molecular complexity index is 466. The molecule has 3 fully saturated rings. The van der Waals surface area contributed by atoms with E-state index >= 15 is 0 Å². The lowest BCUT2D eigenvalue weighted by molar-refractivity contribution is 0.0420. The Morgan fingerprint density at radius 3 is 2.95 bits per heavy atom. The van der Waals surface area contributed by atoms with E-state index in [1.54, 1.807) is 0 Å². The molecule has 3 heterocycles. The van der Waals surface area contributed by atoms with Crippen LogP contribution in [-0.2, 0) is 18.6 Å². The summed E-state index contributed by atoms with van der Waals surface area (Å²) in [6.07, 6.45) is 3.18. The Morgan fingerprint density at radius 2 is 2.20 bits per heavy atom. The third kappa shape index (κ3) is 3.14. The second-order valence-electron chi connectivity index (χ2n) is 6.32. The molecule has 3 rings (SSSR count). The minimum Gasteiger partial charge on any atom is -0.378 e. The van der Waals surface area contributed by atoms with Gasteiger partial charge in [0.05, 0.1) is 21.1 Å². The molecule has 0 unspecified atom stereocenters. The molecule has 4 nitrogen and oxygen atoms in total. The molecule has 0 aromatic heterocycles. The number of ether oxygens (including phenoxy) is 2. The molecule has 0 aliphatic carbocycles. The second-order valence-corrected chi connectivity index (χ2v) is 8.98. The first-order valence-electron chi connectivity index (χ1n) is 9.47. The van der Waals surface area contributed by atoms with Gasteiger partial charge in [0.15, 0.2) is 0 Å². The van der Waals surface area contributed by atoms with Gasteiger partial charge in [-0.25, -0.2) is 0 Å². The Morgan fingerprint density at radius 1 is 1.35 bits per heavy atom. The van der Waals surface area contributed by atoms with Crippen molar-refractivity contribution in [2.24, 2.45) is 11.8 Å². The quantitative estimate of drug-likeness (QED) is 0.751. The maximum atomic E-state index is 13.2. The average Bonchev–Trinajstić information content (AvgIpc) is 3.00. The summed E-state index contributed by atoms with van der Waals surface area (Å²) in [5, 5.41) is 0. The fourth-order valence-corrected chi connectivity index (χ4v) is 6.39. The minimum absolute atomic E-state index is 0.00505. The molecule has 0 amide bonds. The van der Waals surface area contributed by atoms with Gasteiger partial charge in [-0.1, -0.05) is 6.92 Å². The summed E-state index contributed by atoms with van der Waals surface area (Å²) in [6, 6.07) is 0. The molecule has 0 aromatic carbocycles. The van der Waals surface area contributed by atoms with Crippen LogP contribution in [-0.4, -0.2) is 43.8 Å². The molecular formula is C15H27O4P. The van der Waals surface area contributed by atoms with Crippen LogP contribution in [0.2, 0.25) is 0 Å². The largest absolute Gasteiger partial charge is 0.378 e. The van der Waals surface area contributed by atoms with Crippen LogP contribution in [0.15, 0.2) is 0 Å². The summed E-state index contributed by atoms with van der Waals surface area (Å²) in [5.74, 6) is 0.506. The SMILES string of the molecule is [2H]C[C@H]1O[C@H]([3H])C[C@@H]1O[P@]1(=O)CCC[C@H]([C@H]2O[C@H]([3H])C[C@@H]2C)C1. The zero-order chi connectivity index (χ0) is 16.6. The second kappa shape index (κ2) is 6.08.